The average Bonchev–Trinajstić information content (AvgIpc) is 2.37. The first-order valence-electron chi connectivity index (χ1n) is 7.11. The van der Waals surface area contributed by atoms with Crippen molar-refractivity contribution in [3.05, 3.63) is 5.28 Å². The highest BCUT2D eigenvalue weighted by Gasteiger charge is 2.29. The van der Waals surface area contributed by atoms with Gasteiger partial charge in [-0.15, -0.1) is 0 Å². The molecule has 1 aliphatic rings. The van der Waals surface area contributed by atoms with Gasteiger partial charge in [-0.1, -0.05) is 20.8 Å². The molecule has 2 heterocycles. The van der Waals surface area contributed by atoms with E-state index in [0.29, 0.717) is 17.3 Å². The molecular weight excluding hydrogens is 274 g/mol. The van der Waals surface area contributed by atoms with Crippen LogP contribution in [-0.2, 0) is 0 Å². The predicted octanol–water partition coefficient (Wildman–Crippen LogP) is 2.85. The first-order chi connectivity index (χ1) is 9.27. The Balaban J connectivity index is 2.11. The summed E-state index contributed by atoms with van der Waals surface area (Å²) >= 11 is 6.00. The Hall–Kier alpha value is -1.10. The van der Waals surface area contributed by atoms with E-state index in [2.05, 4.69) is 40.6 Å². The van der Waals surface area contributed by atoms with E-state index in [1.807, 2.05) is 19.0 Å². The van der Waals surface area contributed by atoms with Crippen LogP contribution >= 0.6 is 11.6 Å². The lowest BCUT2D eigenvalue weighted by molar-refractivity contribution is 0.198. The summed E-state index contributed by atoms with van der Waals surface area (Å²) < 4.78 is 0. The average molecular weight is 298 g/mol. The second-order valence-corrected chi connectivity index (χ2v) is 7.06. The smallest absolute Gasteiger partial charge is 0.231 e. The van der Waals surface area contributed by atoms with Gasteiger partial charge in [0.1, 0.15) is 0 Å². The third kappa shape index (κ3) is 3.51. The molecule has 1 fully saturated rings. The molecule has 0 unspecified atom stereocenters. The number of rotatable bonds is 2. The Morgan fingerprint density at radius 3 is 2.20 bits per heavy atom. The number of anilines is 2. The van der Waals surface area contributed by atoms with Crippen molar-refractivity contribution in [1.82, 2.24) is 15.0 Å². The van der Waals surface area contributed by atoms with Crippen LogP contribution in [0.1, 0.15) is 33.6 Å². The summed E-state index contributed by atoms with van der Waals surface area (Å²) in [6, 6.07) is 0. The molecule has 5 nitrogen and oxygen atoms in total. The number of halogens is 1. The highest BCUT2D eigenvalue weighted by atomic mass is 35.5. The zero-order valence-electron chi connectivity index (χ0n) is 13.0. The molecule has 2 rings (SSSR count). The number of aromatic nitrogens is 3. The zero-order chi connectivity index (χ0) is 14.9. The minimum absolute atomic E-state index is 0.261. The molecule has 1 aromatic heterocycles. The quantitative estimate of drug-likeness (QED) is 0.840. The molecule has 0 atom stereocenters. The molecule has 0 N–H and O–H groups in total. The molecule has 20 heavy (non-hydrogen) atoms. The van der Waals surface area contributed by atoms with Gasteiger partial charge in [-0.3, -0.25) is 0 Å². The summed E-state index contributed by atoms with van der Waals surface area (Å²) in [5.41, 5.74) is 0.373. The lowest BCUT2D eigenvalue weighted by Gasteiger charge is -2.38. The SMILES string of the molecule is CN(C)c1nc(Cl)nc(N2CCC(C(C)(C)C)CC2)n1. The van der Waals surface area contributed by atoms with Gasteiger partial charge in [0, 0.05) is 27.2 Å². The first-order valence-corrected chi connectivity index (χ1v) is 7.49. The van der Waals surface area contributed by atoms with E-state index in [-0.39, 0.29) is 5.28 Å². The van der Waals surface area contributed by atoms with Crippen LogP contribution in [0.3, 0.4) is 0 Å². The fraction of sp³-hybridized carbons (Fsp3) is 0.786. The Labute approximate surface area is 126 Å². The van der Waals surface area contributed by atoms with Crippen molar-refractivity contribution in [3.8, 4) is 0 Å². The van der Waals surface area contributed by atoms with Crippen molar-refractivity contribution in [2.24, 2.45) is 11.3 Å². The lowest BCUT2D eigenvalue weighted by atomic mass is 9.75. The Bertz CT molecular complexity index is 461. The van der Waals surface area contributed by atoms with Gasteiger partial charge in [0.15, 0.2) is 0 Å². The number of nitrogens with zero attached hydrogens (tertiary/aromatic N) is 5. The molecule has 0 amide bonds. The normalized spacial score (nSPS) is 17.4. The van der Waals surface area contributed by atoms with E-state index in [1.165, 1.54) is 12.8 Å². The van der Waals surface area contributed by atoms with Crippen molar-refractivity contribution in [1.29, 1.82) is 0 Å². The molecule has 112 valence electrons. The fourth-order valence-corrected chi connectivity index (χ4v) is 2.77. The number of hydrogen-bond acceptors (Lipinski definition) is 5. The van der Waals surface area contributed by atoms with Gasteiger partial charge in [0.25, 0.3) is 0 Å². The van der Waals surface area contributed by atoms with Gasteiger partial charge in [-0.05, 0) is 35.8 Å². The standard InChI is InChI=1S/C14H24ClN5/c1-14(2,3)10-6-8-20(9-7-10)13-17-11(15)16-12(18-13)19(4)5/h10H,6-9H2,1-5H3. The van der Waals surface area contributed by atoms with Crippen molar-refractivity contribution in [2.75, 3.05) is 37.0 Å². The molecule has 0 spiro atoms. The van der Waals surface area contributed by atoms with Crippen LogP contribution in [-0.4, -0.2) is 42.1 Å². The molecular formula is C14H24ClN5. The van der Waals surface area contributed by atoms with E-state index in [4.69, 9.17) is 11.6 Å². The van der Waals surface area contributed by atoms with Gasteiger partial charge in [-0.2, -0.15) is 15.0 Å². The summed E-state index contributed by atoms with van der Waals surface area (Å²) in [6.07, 6.45) is 2.34. The molecule has 0 bridgehead atoms. The van der Waals surface area contributed by atoms with Crippen LogP contribution in [0.4, 0.5) is 11.9 Å². The Morgan fingerprint density at radius 1 is 1.10 bits per heavy atom. The maximum atomic E-state index is 6.00. The van der Waals surface area contributed by atoms with E-state index >= 15 is 0 Å². The lowest BCUT2D eigenvalue weighted by Crippen LogP contribution is -2.39. The van der Waals surface area contributed by atoms with Gasteiger partial charge >= 0.3 is 0 Å². The summed E-state index contributed by atoms with van der Waals surface area (Å²) in [5.74, 6) is 2.06. The van der Waals surface area contributed by atoms with Gasteiger partial charge in [-0.25, -0.2) is 0 Å². The second kappa shape index (κ2) is 5.72. The van der Waals surface area contributed by atoms with Crippen LogP contribution in [0.2, 0.25) is 5.28 Å². The third-order valence-corrected chi connectivity index (χ3v) is 4.16. The molecule has 1 saturated heterocycles. The van der Waals surface area contributed by atoms with Crippen molar-refractivity contribution < 1.29 is 0 Å². The molecule has 0 aromatic carbocycles. The minimum Gasteiger partial charge on any atom is -0.347 e. The summed E-state index contributed by atoms with van der Waals surface area (Å²) in [4.78, 5) is 16.9. The van der Waals surface area contributed by atoms with Crippen molar-refractivity contribution in [3.63, 3.8) is 0 Å². The minimum atomic E-state index is 0.261. The monoisotopic (exact) mass is 297 g/mol. The molecule has 0 aliphatic carbocycles. The van der Waals surface area contributed by atoms with Crippen LogP contribution in [0.15, 0.2) is 0 Å². The van der Waals surface area contributed by atoms with Crippen LogP contribution in [0.25, 0.3) is 0 Å². The number of hydrogen-bond donors (Lipinski definition) is 0. The second-order valence-electron chi connectivity index (χ2n) is 6.73. The predicted molar refractivity (Wildman–Crippen MR) is 83.6 cm³/mol. The highest BCUT2D eigenvalue weighted by Crippen LogP contribution is 2.35. The van der Waals surface area contributed by atoms with Crippen molar-refractivity contribution >= 4 is 23.5 Å². The summed E-state index contributed by atoms with van der Waals surface area (Å²) in [7, 11) is 3.81. The number of piperidine rings is 1. The van der Waals surface area contributed by atoms with Crippen LogP contribution in [0, 0.1) is 11.3 Å². The largest absolute Gasteiger partial charge is 0.347 e. The van der Waals surface area contributed by atoms with E-state index in [1.54, 1.807) is 0 Å². The zero-order valence-corrected chi connectivity index (χ0v) is 13.8. The maximum absolute atomic E-state index is 6.00. The first kappa shape index (κ1) is 15.3. The van der Waals surface area contributed by atoms with Gasteiger partial charge in [0.05, 0.1) is 0 Å². The van der Waals surface area contributed by atoms with Gasteiger partial charge in [0.2, 0.25) is 17.2 Å². The van der Waals surface area contributed by atoms with Crippen LogP contribution < -0.4 is 9.80 Å². The van der Waals surface area contributed by atoms with Crippen LogP contribution in [0.5, 0.6) is 0 Å². The molecule has 0 radical (unpaired) electrons. The Kier molecular flexibility index (Phi) is 4.37. The third-order valence-electron chi connectivity index (χ3n) is 3.99. The van der Waals surface area contributed by atoms with Crippen molar-refractivity contribution in [2.45, 2.75) is 33.6 Å². The van der Waals surface area contributed by atoms with E-state index in [0.717, 1.165) is 19.0 Å². The summed E-state index contributed by atoms with van der Waals surface area (Å²) in [5, 5.41) is 0.261. The fourth-order valence-electron chi connectivity index (χ4n) is 2.62. The van der Waals surface area contributed by atoms with E-state index in [9.17, 15) is 0 Å². The molecule has 6 heteroatoms. The highest BCUT2D eigenvalue weighted by molar-refractivity contribution is 6.28. The maximum Gasteiger partial charge on any atom is 0.231 e. The topological polar surface area (TPSA) is 45.2 Å². The molecule has 1 aliphatic heterocycles. The summed E-state index contributed by atoms with van der Waals surface area (Å²) in [6.45, 7) is 8.91. The molecule has 0 saturated carbocycles. The molecule has 1 aromatic rings. The van der Waals surface area contributed by atoms with Gasteiger partial charge < -0.3 is 9.80 Å². The van der Waals surface area contributed by atoms with E-state index < -0.39 is 0 Å². The Morgan fingerprint density at radius 2 is 1.70 bits per heavy atom.